The third kappa shape index (κ3) is 3.78. The SMILES string of the molecule is CC(C)(C)NCC1CCc2nc(CC3CC3)ncc2C1. The molecule has 0 aromatic carbocycles. The van der Waals surface area contributed by atoms with Crippen molar-refractivity contribution in [3.8, 4) is 0 Å². The fraction of sp³-hybridized carbons (Fsp3) is 0.765. The Bertz CT molecular complexity index is 472. The second-order valence-electron chi connectivity index (χ2n) is 7.65. The summed E-state index contributed by atoms with van der Waals surface area (Å²) in [5.74, 6) is 2.69. The van der Waals surface area contributed by atoms with E-state index in [1.807, 2.05) is 0 Å². The molecule has 1 aromatic rings. The third-order valence-electron chi connectivity index (χ3n) is 4.39. The van der Waals surface area contributed by atoms with Crippen LogP contribution in [0.25, 0.3) is 0 Å². The van der Waals surface area contributed by atoms with Crippen molar-refractivity contribution < 1.29 is 0 Å². The van der Waals surface area contributed by atoms with Gasteiger partial charge < -0.3 is 5.32 Å². The monoisotopic (exact) mass is 273 g/mol. The number of nitrogens with one attached hydrogen (secondary N) is 1. The van der Waals surface area contributed by atoms with Crippen molar-refractivity contribution in [3.05, 3.63) is 23.3 Å². The van der Waals surface area contributed by atoms with Crippen LogP contribution in [-0.4, -0.2) is 22.1 Å². The van der Waals surface area contributed by atoms with E-state index in [0.717, 1.165) is 43.5 Å². The van der Waals surface area contributed by atoms with Crippen LogP contribution in [0.5, 0.6) is 0 Å². The zero-order chi connectivity index (χ0) is 14.2. The first-order valence-electron chi connectivity index (χ1n) is 8.08. The normalized spacial score (nSPS) is 22.6. The van der Waals surface area contributed by atoms with Gasteiger partial charge in [-0.3, -0.25) is 0 Å². The number of hydrogen-bond donors (Lipinski definition) is 1. The number of aryl methyl sites for hydroxylation is 1. The number of hydrogen-bond acceptors (Lipinski definition) is 3. The first kappa shape index (κ1) is 14.0. The van der Waals surface area contributed by atoms with E-state index in [-0.39, 0.29) is 5.54 Å². The first-order valence-corrected chi connectivity index (χ1v) is 8.08. The summed E-state index contributed by atoms with van der Waals surface area (Å²) in [7, 11) is 0. The molecule has 1 atom stereocenters. The zero-order valence-electron chi connectivity index (χ0n) is 13.1. The Morgan fingerprint density at radius 3 is 2.70 bits per heavy atom. The van der Waals surface area contributed by atoms with Crippen molar-refractivity contribution in [2.45, 2.75) is 64.8 Å². The lowest BCUT2D eigenvalue weighted by Crippen LogP contribution is -2.40. The van der Waals surface area contributed by atoms with Gasteiger partial charge in [0.1, 0.15) is 5.82 Å². The summed E-state index contributed by atoms with van der Waals surface area (Å²) in [6, 6.07) is 0. The minimum Gasteiger partial charge on any atom is -0.312 e. The fourth-order valence-electron chi connectivity index (χ4n) is 2.93. The van der Waals surface area contributed by atoms with E-state index in [1.165, 1.54) is 30.5 Å². The van der Waals surface area contributed by atoms with Gasteiger partial charge >= 0.3 is 0 Å². The van der Waals surface area contributed by atoms with E-state index in [1.54, 1.807) is 0 Å². The van der Waals surface area contributed by atoms with Crippen molar-refractivity contribution in [3.63, 3.8) is 0 Å². The van der Waals surface area contributed by atoms with Gasteiger partial charge in [-0.05, 0) is 76.8 Å². The maximum atomic E-state index is 4.81. The Balaban J connectivity index is 1.60. The van der Waals surface area contributed by atoms with Crippen LogP contribution in [0.2, 0.25) is 0 Å². The summed E-state index contributed by atoms with van der Waals surface area (Å²) in [5, 5.41) is 3.63. The van der Waals surface area contributed by atoms with Gasteiger partial charge in [-0.15, -0.1) is 0 Å². The molecule has 0 radical (unpaired) electrons. The Hall–Kier alpha value is -0.960. The number of rotatable bonds is 4. The quantitative estimate of drug-likeness (QED) is 0.916. The topological polar surface area (TPSA) is 37.8 Å². The lowest BCUT2D eigenvalue weighted by molar-refractivity contribution is 0.346. The van der Waals surface area contributed by atoms with E-state index in [9.17, 15) is 0 Å². The summed E-state index contributed by atoms with van der Waals surface area (Å²) < 4.78 is 0. The second-order valence-corrected chi connectivity index (χ2v) is 7.65. The average molecular weight is 273 g/mol. The summed E-state index contributed by atoms with van der Waals surface area (Å²) in [4.78, 5) is 9.39. The van der Waals surface area contributed by atoms with E-state index in [0.29, 0.717) is 0 Å². The molecule has 3 heteroatoms. The van der Waals surface area contributed by atoms with E-state index < -0.39 is 0 Å². The largest absolute Gasteiger partial charge is 0.312 e. The summed E-state index contributed by atoms with van der Waals surface area (Å²) in [6.07, 6.45) is 9.48. The van der Waals surface area contributed by atoms with Crippen molar-refractivity contribution in [1.82, 2.24) is 15.3 Å². The van der Waals surface area contributed by atoms with Crippen molar-refractivity contribution >= 4 is 0 Å². The van der Waals surface area contributed by atoms with Crippen LogP contribution in [0.1, 0.15) is 57.1 Å². The molecule has 1 aromatic heterocycles. The molecule has 1 N–H and O–H groups in total. The molecule has 1 unspecified atom stereocenters. The molecule has 20 heavy (non-hydrogen) atoms. The lowest BCUT2D eigenvalue weighted by Gasteiger charge is -2.28. The Morgan fingerprint density at radius 1 is 1.20 bits per heavy atom. The first-order chi connectivity index (χ1) is 9.49. The summed E-state index contributed by atoms with van der Waals surface area (Å²) >= 11 is 0. The van der Waals surface area contributed by atoms with Gasteiger partial charge in [-0.2, -0.15) is 0 Å². The highest BCUT2D eigenvalue weighted by Crippen LogP contribution is 2.32. The predicted octanol–water partition coefficient (Wildman–Crippen LogP) is 2.92. The van der Waals surface area contributed by atoms with Crippen molar-refractivity contribution in [1.29, 1.82) is 0 Å². The zero-order valence-corrected chi connectivity index (χ0v) is 13.1. The van der Waals surface area contributed by atoms with Crippen molar-refractivity contribution in [2.24, 2.45) is 11.8 Å². The molecule has 1 saturated carbocycles. The Morgan fingerprint density at radius 2 is 2.00 bits per heavy atom. The maximum absolute atomic E-state index is 4.81. The molecular formula is C17H27N3. The molecule has 2 aliphatic rings. The van der Waals surface area contributed by atoms with E-state index >= 15 is 0 Å². The fourth-order valence-corrected chi connectivity index (χ4v) is 2.93. The highest BCUT2D eigenvalue weighted by atomic mass is 14.9. The molecular weight excluding hydrogens is 246 g/mol. The Kier molecular flexibility index (Phi) is 3.80. The summed E-state index contributed by atoms with van der Waals surface area (Å²) in [5.41, 5.74) is 2.92. The number of nitrogens with zero attached hydrogens (tertiary/aromatic N) is 2. The second kappa shape index (κ2) is 5.44. The number of fused-ring (bicyclic) bond motifs is 1. The van der Waals surface area contributed by atoms with Gasteiger partial charge in [0.05, 0.1) is 0 Å². The molecule has 2 aliphatic carbocycles. The lowest BCUT2D eigenvalue weighted by atomic mass is 9.86. The minimum absolute atomic E-state index is 0.213. The van der Waals surface area contributed by atoms with Crippen LogP contribution in [0.3, 0.4) is 0 Å². The molecule has 3 nitrogen and oxygen atoms in total. The van der Waals surface area contributed by atoms with Crippen molar-refractivity contribution in [2.75, 3.05) is 6.54 Å². The molecule has 0 spiro atoms. The van der Waals surface area contributed by atoms with Crippen LogP contribution in [-0.2, 0) is 19.3 Å². The smallest absolute Gasteiger partial charge is 0.128 e. The molecule has 1 fully saturated rings. The van der Waals surface area contributed by atoms with Crippen LogP contribution >= 0.6 is 0 Å². The Labute approximate surface area is 122 Å². The molecule has 0 amide bonds. The van der Waals surface area contributed by atoms with Gasteiger partial charge in [0.2, 0.25) is 0 Å². The third-order valence-corrected chi connectivity index (χ3v) is 4.39. The highest BCUT2D eigenvalue weighted by Gasteiger charge is 2.25. The minimum atomic E-state index is 0.213. The molecule has 110 valence electrons. The van der Waals surface area contributed by atoms with Gasteiger partial charge in [-0.25, -0.2) is 9.97 Å². The average Bonchev–Trinajstić information content (AvgIpc) is 3.19. The van der Waals surface area contributed by atoms with Gasteiger partial charge in [0.25, 0.3) is 0 Å². The van der Waals surface area contributed by atoms with Crippen LogP contribution < -0.4 is 5.32 Å². The van der Waals surface area contributed by atoms with Gasteiger partial charge in [0.15, 0.2) is 0 Å². The van der Waals surface area contributed by atoms with Crippen LogP contribution in [0.4, 0.5) is 0 Å². The van der Waals surface area contributed by atoms with Gasteiger partial charge in [-0.1, -0.05) is 0 Å². The molecule has 3 rings (SSSR count). The van der Waals surface area contributed by atoms with E-state index in [4.69, 9.17) is 4.98 Å². The van der Waals surface area contributed by atoms with Crippen LogP contribution in [0.15, 0.2) is 6.20 Å². The molecule has 0 aliphatic heterocycles. The molecule has 0 bridgehead atoms. The molecule has 0 saturated heterocycles. The maximum Gasteiger partial charge on any atom is 0.128 e. The summed E-state index contributed by atoms with van der Waals surface area (Å²) in [6.45, 7) is 7.80. The van der Waals surface area contributed by atoms with Crippen LogP contribution in [0, 0.1) is 11.8 Å². The molecule has 1 heterocycles. The number of aromatic nitrogens is 2. The highest BCUT2D eigenvalue weighted by molar-refractivity contribution is 5.21. The standard InChI is InChI=1S/C17H27N3/c1-17(2,3)19-10-13-6-7-15-14(8-13)11-18-16(20-15)9-12-4-5-12/h11-13,19H,4-10H2,1-3H3. The predicted molar refractivity (Wildman–Crippen MR) is 81.7 cm³/mol. The van der Waals surface area contributed by atoms with Gasteiger partial charge in [0, 0.05) is 23.9 Å². The van der Waals surface area contributed by atoms with E-state index in [2.05, 4.69) is 37.3 Å².